The van der Waals surface area contributed by atoms with Gasteiger partial charge >= 0.3 is 0 Å². The maximum atomic E-state index is 9.33. The van der Waals surface area contributed by atoms with E-state index in [0.717, 1.165) is 25.7 Å². The van der Waals surface area contributed by atoms with Crippen LogP contribution in [0.5, 0.6) is 0 Å². The van der Waals surface area contributed by atoms with Crippen molar-refractivity contribution in [2.45, 2.75) is 37.8 Å². The van der Waals surface area contributed by atoms with Crippen molar-refractivity contribution < 1.29 is 5.11 Å². The molecule has 3 atom stereocenters. The lowest BCUT2D eigenvalue weighted by Crippen LogP contribution is -2.44. The van der Waals surface area contributed by atoms with Gasteiger partial charge in [-0.25, -0.2) is 0 Å². The molecular formula is C8H16NO. The number of hydrogen-bond donors (Lipinski definition) is 2. The second-order valence-electron chi connectivity index (χ2n) is 3.12. The van der Waals surface area contributed by atoms with Crippen molar-refractivity contribution in [3.05, 3.63) is 6.92 Å². The Morgan fingerprint density at radius 3 is 2.70 bits per heavy atom. The molecule has 2 nitrogen and oxygen atoms in total. The van der Waals surface area contributed by atoms with Gasteiger partial charge in [0.15, 0.2) is 0 Å². The van der Waals surface area contributed by atoms with Crippen molar-refractivity contribution in [1.82, 2.24) is 0 Å². The van der Waals surface area contributed by atoms with Crippen molar-refractivity contribution in [2.24, 2.45) is 11.7 Å². The van der Waals surface area contributed by atoms with Crippen LogP contribution in [0.4, 0.5) is 0 Å². The van der Waals surface area contributed by atoms with Crippen molar-refractivity contribution in [3.8, 4) is 0 Å². The molecule has 0 saturated heterocycles. The Labute approximate surface area is 62.4 Å². The molecule has 1 aliphatic rings. The van der Waals surface area contributed by atoms with Gasteiger partial charge in [0.2, 0.25) is 0 Å². The fourth-order valence-corrected chi connectivity index (χ4v) is 1.63. The van der Waals surface area contributed by atoms with Gasteiger partial charge in [0.1, 0.15) is 0 Å². The molecule has 0 amide bonds. The average Bonchev–Trinajstić information content (AvgIpc) is 1.95. The van der Waals surface area contributed by atoms with Crippen LogP contribution in [-0.2, 0) is 0 Å². The minimum atomic E-state index is -0.277. The third kappa shape index (κ3) is 1.50. The van der Waals surface area contributed by atoms with E-state index >= 15 is 0 Å². The molecule has 0 aliphatic heterocycles. The largest absolute Gasteiger partial charge is 0.392 e. The molecule has 1 saturated carbocycles. The third-order valence-electron chi connectivity index (χ3n) is 2.43. The molecule has 0 spiro atoms. The molecule has 0 aromatic heterocycles. The second-order valence-corrected chi connectivity index (χ2v) is 3.12. The van der Waals surface area contributed by atoms with Crippen molar-refractivity contribution >= 4 is 0 Å². The first-order valence-corrected chi connectivity index (χ1v) is 3.98. The lowest BCUT2D eigenvalue weighted by molar-refractivity contribution is 0.0768. The first-order chi connectivity index (χ1) is 4.75. The summed E-state index contributed by atoms with van der Waals surface area (Å²) in [6.07, 6.45) is 3.70. The number of hydrogen-bond acceptors (Lipinski definition) is 2. The van der Waals surface area contributed by atoms with E-state index < -0.39 is 0 Å². The fraction of sp³-hybridized carbons (Fsp3) is 0.875. The predicted octanol–water partition coefficient (Wildman–Crippen LogP) is 0.699. The van der Waals surface area contributed by atoms with E-state index in [9.17, 15) is 5.11 Å². The van der Waals surface area contributed by atoms with E-state index in [-0.39, 0.29) is 12.1 Å². The quantitative estimate of drug-likeness (QED) is 0.566. The molecule has 59 valence electrons. The first kappa shape index (κ1) is 8.02. The van der Waals surface area contributed by atoms with Crippen LogP contribution in [-0.4, -0.2) is 17.3 Å². The van der Waals surface area contributed by atoms with Gasteiger partial charge in [-0.2, -0.15) is 0 Å². The summed E-state index contributed by atoms with van der Waals surface area (Å²) in [5.41, 5.74) is 5.74. The summed E-state index contributed by atoms with van der Waals surface area (Å²) in [4.78, 5) is 0. The van der Waals surface area contributed by atoms with Crippen molar-refractivity contribution in [3.63, 3.8) is 0 Å². The van der Waals surface area contributed by atoms with Crippen LogP contribution in [0, 0.1) is 12.8 Å². The topological polar surface area (TPSA) is 46.2 Å². The summed E-state index contributed by atoms with van der Waals surface area (Å²) < 4.78 is 0. The second kappa shape index (κ2) is 3.35. The Morgan fingerprint density at radius 1 is 1.50 bits per heavy atom. The highest BCUT2D eigenvalue weighted by Crippen LogP contribution is 2.25. The standard InChI is InChI=1S/C8H16NO/c1-2-6-4-3-5-7(10)8(6)9/h6-8,10H,1-5,9H2. The zero-order chi connectivity index (χ0) is 7.56. The van der Waals surface area contributed by atoms with E-state index in [1.54, 1.807) is 0 Å². The maximum absolute atomic E-state index is 9.33. The van der Waals surface area contributed by atoms with Gasteiger partial charge in [-0.15, -0.1) is 0 Å². The smallest absolute Gasteiger partial charge is 0.0693 e. The monoisotopic (exact) mass is 142 g/mol. The molecular weight excluding hydrogens is 126 g/mol. The van der Waals surface area contributed by atoms with E-state index in [0.29, 0.717) is 5.92 Å². The lowest BCUT2D eigenvalue weighted by atomic mass is 9.82. The Morgan fingerprint density at radius 2 is 2.20 bits per heavy atom. The summed E-state index contributed by atoms with van der Waals surface area (Å²) >= 11 is 0. The van der Waals surface area contributed by atoms with E-state index in [1.807, 2.05) is 0 Å². The molecule has 2 heteroatoms. The van der Waals surface area contributed by atoms with Crippen LogP contribution < -0.4 is 5.73 Å². The van der Waals surface area contributed by atoms with Crippen LogP contribution >= 0.6 is 0 Å². The molecule has 1 aliphatic carbocycles. The number of aliphatic hydroxyl groups excluding tert-OH is 1. The van der Waals surface area contributed by atoms with E-state index in [2.05, 4.69) is 6.92 Å². The SMILES string of the molecule is [CH2]CC1CCCC(O)C1N. The zero-order valence-corrected chi connectivity index (χ0v) is 6.29. The Hall–Kier alpha value is -0.0800. The highest BCUT2D eigenvalue weighted by atomic mass is 16.3. The molecule has 1 radical (unpaired) electrons. The van der Waals surface area contributed by atoms with E-state index in [4.69, 9.17) is 5.73 Å². The minimum absolute atomic E-state index is 0.0220. The van der Waals surface area contributed by atoms with Gasteiger partial charge in [0, 0.05) is 6.04 Å². The number of aliphatic hydroxyl groups is 1. The summed E-state index contributed by atoms with van der Waals surface area (Å²) in [5, 5.41) is 9.33. The Bertz CT molecular complexity index is 105. The van der Waals surface area contributed by atoms with Crippen molar-refractivity contribution in [1.29, 1.82) is 0 Å². The molecule has 0 heterocycles. The maximum Gasteiger partial charge on any atom is 0.0693 e. The van der Waals surface area contributed by atoms with E-state index in [1.165, 1.54) is 0 Å². The Kier molecular flexibility index (Phi) is 2.69. The molecule has 0 bridgehead atoms. The average molecular weight is 142 g/mol. The summed E-state index contributed by atoms with van der Waals surface area (Å²) in [5.74, 6) is 0.448. The summed E-state index contributed by atoms with van der Waals surface area (Å²) in [6.45, 7) is 3.80. The highest BCUT2D eigenvalue weighted by Gasteiger charge is 2.27. The molecule has 1 fully saturated rings. The normalized spacial score (nSPS) is 41.7. The van der Waals surface area contributed by atoms with Gasteiger partial charge in [0.05, 0.1) is 6.10 Å². The van der Waals surface area contributed by atoms with Gasteiger partial charge in [-0.1, -0.05) is 13.3 Å². The van der Waals surface area contributed by atoms with Gasteiger partial charge < -0.3 is 10.8 Å². The molecule has 3 unspecified atom stereocenters. The van der Waals surface area contributed by atoms with Gasteiger partial charge in [0.25, 0.3) is 0 Å². The Balaban J connectivity index is 2.42. The molecule has 0 aromatic rings. The number of nitrogens with two attached hydrogens (primary N) is 1. The van der Waals surface area contributed by atoms with Crippen LogP contribution in [0.15, 0.2) is 0 Å². The molecule has 1 rings (SSSR count). The number of rotatable bonds is 1. The molecule has 10 heavy (non-hydrogen) atoms. The summed E-state index contributed by atoms with van der Waals surface area (Å²) in [6, 6.07) is -0.0220. The highest BCUT2D eigenvalue weighted by molar-refractivity contribution is 4.84. The zero-order valence-electron chi connectivity index (χ0n) is 6.29. The van der Waals surface area contributed by atoms with Gasteiger partial charge in [-0.3, -0.25) is 0 Å². The predicted molar refractivity (Wildman–Crippen MR) is 41.3 cm³/mol. The summed E-state index contributed by atoms with van der Waals surface area (Å²) in [7, 11) is 0. The van der Waals surface area contributed by atoms with Gasteiger partial charge in [-0.05, 0) is 25.2 Å². The third-order valence-corrected chi connectivity index (χ3v) is 2.43. The van der Waals surface area contributed by atoms with Crippen LogP contribution in [0.1, 0.15) is 25.7 Å². The minimum Gasteiger partial charge on any atom is -0.392 e. The van der Waals surface area contributed by atoms with Crippen LogP contribution in [0.25, 0.3) is 0 Å². The van der Waals surface area contributed by atoms with Crippen LogP contribution in [0.2, 0.25) is 0 Å². The lowest BCUT2D eigenvalue weighted by Gasteiger charge is -2.31. The molecule has 0 aromatic carbocycles. The molecule has 3 N–H and O–H groups in total. The van der Waals surface area contributed by atoms with Crippen molar-refractivity contribution in [2.75, 3.05) is 0 Å². The van der Waals surface area contributed by atoms with Crippen LogP contribution in [0.3, 0.4) is 0 Å². The fourth-order valence-electron chi connectivity index (χ4n) is 1.63. The first-order valence-electron chi connectivity index (χ1n) is 3.98.